The summed E-state index contributed by atoms with van der Waals surface area (Å²) in [7, 11) is 1.26. The van der Waals surface area contributed by atoms with Crippen molar-refractivity contribution in [3.05, 3.63) is 30.0 Å². The predicted molar refractivity (Wildman–Crippen MR) is 76.0 cm³/mol. The number of para-hydroxylation sites is 1. The molecule has 2 aromatic rings. The Hall–Kier alpha value is -1.20. The Morgan fingerprint density at radius 3 is 2.94 bits per heavy atom. The van der Waals surface area contributed by atoms with Crippen LogP contribution in [0.1, 0.15) is 12.6 Å². The Kier molecular flexibility index (Phi) is 4.49. The minimum absolute atomic E-state index is 0.695. The fourth-order valence-corrected chi connectivity index (χ4v) is 2.62. The van der Waals surface area contributed by atoms with Crippen molar-refractivity contribution in [2.24, 2.45) is 7.05 Å². The summed E-state index contributed by atoms with van der Waals surface area (Å²) in [5.74, 6) is 1.44. The van der Waals surface area contributed by atoms with E-state index in [4.69, 9.17) is 0 Å². The van der Waals surface area contributed by atoms with Crippen LogP contribution in [0.15, 0.2) is 24.3 Å². The second-order valence-corrected chi connectivity index (χ2v) is 6.06. The van der Waals surface area contributed by atoms with Crippen LogP contribution in [0.5, 0.6) is 0 Å². The number of hydrogen-bond acceptors (Lipinski definition) is 3. The van der Waals surface area contributed by atoms with Gasteiger partial charge in [-0.1, -0.05) is 25.1 Å². The molecule has 1 aromatic carbocycles. The molecule has 2 rings (SSSR count). The van der Waals surface area contributed by atoms with E-state index in [0.717, 1.165) is 30.1 Å². The number of aryl methyl sites for hydroxylation is 1. The molecule has 0 saturated carbocycles. The number of nitrogens with one attached hydrogen (secondary N) is 1. The second-order valence-electron chi connectivity index (χ2n) is 4.20. The molecule has 98 valence electrons. The zero-order chi connectivity index (χ0) is 13.0. The van der Waals surface area contributed by atoms with Crippen LogP contribution >= 0.6 is 0 Å². The van der Waals surface area contributed by atoms with Crippen molar-refractivity contribution in [2.45, 2.75) is 13.5 Å². The van der Waals surface area contributed by atoms with Crippen molar-refractivity contribution < 1.29 is 4.21 Å². The molecule has 0 amide bonds. The van der Waals surface area contributed by atoms with Gasteiger partial charge in [0.05, 0.1) is 11.2 Å². The van der Waals surface area contributed by atoms with Crippen molar-refractivity contribution >= 4 is 21.7 Å². The highest BCUT2D eigenvalue weighted by Crippen LogP contribution is 2.16. The Morgan fingerprint density at radius 2 is 2.17 bits per heavy atom. The largest absolute Gasteiger partial charge is 0.310 e. The summed E-state index contributed by atoms with van der Waals surface area (Å²) in [5, 5.41) is 8.99. The molecular weight excluding hydrogens is 246 g/mol. The minimum atomic E-state index is -0.695. The molecule has 18 heavy (non-hydrogen) atoms. The molecule has 1 unspecified atom stereocenters. The number of nitrogens with zero attached hydrogens (tertiary/aromatic N) is 2. The molecule has 0 radical (unpaired) electrons. The van der Waals surface area contributed by atoms with Crippen LogP contribution in [-0.2, 0) is 24.4 Å². The second kappa shape index (κ2) is 6.11. The molecule has 0 saturated heterocycles. The predicted octanol–water partition coefficient (Wildman–Crippen LogP) is 1.43. The van der Waals surface area contributed by atoms with Crippen LogP contribution in [-0.4, -0.2) is 32.0 Å². The summed E-state index contributed by atoms with van der Waals surface area (Å²) in [5.41, 5.74) is 2.20. The molecule has 0 bridgehead atoms. The van der Waals surface area contributed by atoms with Gasteiger partial charge in [0, 0.05) is 47.8 Å². The van der Waals surface area contributed by atoms with Crippen LogP contribution in [0.25, 0.3) is 10.9 Å². The molecule has 0 aliphatic heterocycles. The average Bonchev–Trinajstić information content (AvgIpc) is 2.72. The molecule has 0 aliphatic carbocycles. The topological polar surface area (TPSA) is 46.9 Å². The highest BCUT2D eigenvalue weighted by atomic mass is 32.2. The van der Waals surface area contributed by atoms with Crippen LogP contribution in [0, 0.1) is 0 Å². The zero-order valence-electron chi connectivity index (χ0n) is 10.8. The zero-order valence-corrected chi connectivity index (χ0v) is 11.7. The smallest absolute Gasteiger partial charge is 0.0841 e. The summed E-state index contributed by atoms with van der Waals surface area (Å²) in [6.07, 6.45) is 0. The Bertz CT molecular complexity index is 550. The number of benzene rings is 1. The number of fused-ring (bicyclic) bond motifs is 1. The lowest BCUT2D eigenvalue weighted by molar-refractivity contribution is 0.665. The highest BCUT2D eigenvalue weighted by Gasteiger charge is 2.06. The van der Waals surface area contributed by atoms with Crippen LogP contribution in [0.3, 0.4) is 0 Å². The molecule has 0 spiro atoms. The first-order chi connectivity index (χ1) is 8.72. The van der Waals surface area contributed by atoms with E-state index >= 15 is 0 Å². The van der Waals surface area contributed by atoms with Crippen LogP contribution in [0.4, 0.5) is 0 Å². The van der Waals surface area contributed by atoms with E-state index in [2.05, 4.69) is 22.5 Å². The van der Waals surface area contributed by atoms with Crippen LogP contribution < -0.4 is 5.32 Å². The first-order valence-corrected chi connectivity index (χ1v) is 7.67. The fraction of sp³-hybridized carbons (Fsp3) is 0.462. The molecule has 1 atom stereocenters. The lowest BCUT2D eigenvalue weighted by atomic mass is 10.2. The quantitative estimate of drug-likeness (QED) is 0.804. The first kappa shape index (κ1) is 13.2. The maximum Gasteiger partial charge on any atom is 0.0841 e. The fourth-order valence-electron chi connectivity index (χ4n) is 1.96. The van der Waals surface area contributed by atoms with Gasteiger partial charge in [0.2, 0.25) is 0 Å². The maximum atomic E-state index is 11.3. The van der Waals surface area contributed by atoms with E-state index < -0.39 is 10.8 Å². The van der Waals surface area contributed by atoms with Crippen molar-refractivity contribution in [1.82, 2.24) is 15.1 Å². The molecule has 4 nitrogen and oxygen atoms in total. The molecule has 1 N–H and O–H groups in total. The summed E-state index contributed by atoms with van der Waals surface area (Å²) in [6, 6.07) is 8.20. The van der Waals surface area contributed by atoms with Gasteiger partial charge in [0.15, 0.2) is 0 Å². The van der Waals surface area contributed by atoms with E-state index in [1.54, 1.807) is 0 Å². The van der Waals surface area contributed by atoms with Crippen molar-refractivity contribution in [1.29, 1.82) is 0 Å². The third-order valence-electron chi connectivity index (χ3n) is 2.96. The van der Waals surface area contributed by atoms with Gasteiger partial charge < -0.3 is 5.32 Å². The van der Waals surface area contributed by atoms with Gasteiger partial charge in [-0.3, -0.25) is 8.89 Å². The van der Waals surface area contributed by atoms with Gasteiger partial charge in [0.25, 0.3) is 0 Å². The molecule has 0 aliphatic rings. The van der Waals surface area contributed by atoms with Gasteiger partial charge in [-0.25, -0.2) is 0 Å². The third-order valence-corrected chi connectivity index (χ3v) is 4.26. The number of rotatable bonds is 6. The Labute approximate surface area is 110 Å². The van der Waals surface area contributed by atoms with Gasteiger partial charge >= 0.3 is 0 Å². The van der Waals surface area contributed by atoms with E-state index in [1.807, 2.05) is 30.8 Å². The Morgan fingerprint density at radius 1 is 1.39 bits per heavy atom. The van der Waals surface area contributed by atoms with Gasteiger partial charge in [0.1, 0.15) is 0 Å². The van der Waals surface area contributed by atoms with Crippen molar-refractivity contribution in [3.63, 3.8) is 0 Å². The third kappa shape index (κ3) is 2.97. The monoisotopic (exact) mass is 265 g/mol. The lowest BCUT2D eigenvalue weighted by Gasteiger charge is -2.02. The molecule has 0 fully saturated rings. The summed E-state index contributed by atoms with van der Waals surface area (Å²) in [4.78, 5) is 0. The van der Waals surface area contributed by atoms with Crippen LogP contribution in [0.2, 0.25) is 0 Å². The SMILES string of the molecule is CCS(=O)CCNCc1nn(C)c2ccccc12. The van der Waals surface area contributed by atoms with Gasteiger partial charge in [-0.05, 0) is 6.07 Å². The van der Waals surface area contributed by atoms with E-state index in [9.17, 15) is 4.21 Å². The number of hydrogen-bond donors (Lipinski definition) is 1. The van der Waals surface area contributed by atoms with E-state index in [1.165, 1.54) is 5.39 Å². The van der Waals surface area contributed by atoms with Crippen molar-refractivity contribution in [3.8, 4) is 0 Å². The van der Waals surface area contributed by atoms with Crippen molar-refractivity contribution in [2.75, 3.05) is 18.1 Å². The summed E-state index contributed by atoms with van der Waals surface area (Å²) in [6.45, 7) is 3.44. The number of aromatic nitrogens is 2. The summed E-state index contributed by atoms with van der Waals surface area (Å²) < 4.78 is 13.2. The van der Waals surface area contributed by atoms with Gasteiger partial charge in [-0.15, -0.1) is 0 Å². The normalized spacial score (nSPS) is 13.0. The molecule has 5 heteroatoms. The molecular formula is C13H19N3OS. The Balaban J connectivity index is 1.98. The highest BCUT2D eigenvalue weighted by molar-refractivity contribution is 7.84. The van der Waals surface area contributed by atoms with Gasteiger partial charge in [-0.2, -0.15) is 5.10 Å². The van der Waals surface area contributed by atoms with E-state index in [-0.39, 0.29) is 0 Å². The molecule has 1 heterocycles. The average molecular weight is 265 g/mol. The molecule has 1 aromatic heterocycles. The lowest BCUT2D eigenvalue weighted by Crippen LogP contribution is -2.21. The van der Waals surface area contributed by atoms with E-state index in [0.29, 0.717) is 5.75 Å². The standard InChI is InChI=1S/C13H19N3OS/c1-3-18(17)9-8-14-10-12-11-6-4-5-7-13(11)16(2)15-12/h4-7,14H,3,8-10H2,1-2H3. The first-order valence-electron chi connectivity index (χ1n) is 6.18. The summed E-state index contributed by atoms with van der Waals surface area (Å²) >= 11 is 0. The minimum Gasteiger partial charge on any atom is -0.310 e. The maximum absolute atomic E-state index is 11.3.